The van der Waals surface area contributed by atoms with Gasteiger partial charge in [-0.1, -0.05) is 18.2 Å². The number of hydrogen-bond acceptors (Lipinski definition) is 4. The Morgan fingerprint density at radius 2 is 2.13 bits per heavy atom. The molecule has 3 aromatic rings. The van der Waals surface area contributed by atoms with Crippen molar-refractivity contribution in [3.05, 3.63) is 54.0 Å². The maximum atomic E-state index is 6.00. The number of nitrogens with zero attached hydrogens (tertiary/aromatic N) is 3. The minimum Gasteiger partial charge on any atom is -0.379 e. The molecule has 2 atom stereocenters. The van der Waals surface area contributed by atoms with Gasteiger partial charge in [0.15, 0.2) is 0 Å². The molecule has 5 nitrogen and oxygen atoms in total. The van der Waals surface area contributed by atoms with Crippen LogP contribution in [0.2, 0.25) is 0 Å². The van der Waals surface area contributed by atoms with E-state index in [1.54, 1.807) is 0 Å². The van der Waals surface area contributed by atoms with Gasteiger partial charge in [-0.2, -0.15) is 5.10 Å². The van der Waals surface area contributed by atoms with Gasteiger partial charge in [0.1, 0.15) is 6.10 Å². The molecule has 2 aromatic heterocycles. The summed E-state index contributed by atoms with van der Waals surface area (Å²) in [6, 6.07) is 10.5. The summed E-state index contributed by atoms with van der Waals surface area (Å²) < 4.78 is 7.90. The molecule has 118 valence electrons. The lowest BCUT2D eigenvalue weighted by Crippen LogP contribution is -2.23. The third-order valence-corrected chi connectivity index (χ3v) is 4.66. The van der Waals surface area contributed by atoms with Crippen LogP contribution in [0.3, 0.4) is 0 Å². The minimum atomic E-state index is 0.0376. The lowest BCUT2D eigenvalue weighted by atomic mass is 10.0. The van der Waals surface area contributed by atoms with E-state index in [-0.39, 0.29) is 12.1 Å². The summed E-state index contributed by atoms with van der Waals surface area (Å²) in [5.74, 6) is 0. The summed E-state index contributed by atoms with van der Waals surface area (Å²) in [5.41, 5.74) is 4.44. The zero-order valence-electron chi connectivity index (χ0n) is 13.4. The van der Waals surface area contributed by atoms with Gasteiger partial charge in [0.05, 0.1) is 17.8 Å². The quantitative estimate of drug-likeness (QED) is 0.807. The van der Waals surface area contributed by atoms with Crippen LogP contribution in [-0.4, -0.2) is 27.4 Å². The Balaban J connectivity index is 1.66. The lowest BCUT2D eigenvalue weighted by molar-refractivity contribution is 0.107. The second-order valence-electron chi connectivity index (χ2n) is 6.02. The topological polar surface area (TPSA) is 52.0 Å². The number of benzene rings is 1. The Kier molecular flexibility index (Phi) is 3.50. The largest absolute Gasteiger partial charge is 0.379 e. The number of aryl methyl sites for hydroxylation is 1. The molecule has 0 aliphatic carbocycles. The Hall–Kier alpha value is -2.40. The van der Waals surface area contributed by atoms with Crippen LogP contribution in [0.4, 0.5) is 5.69 Å². The standard InChI is InChI=1S/C18H20N4O/c1-12-14(11-20-22(12)2)18-17(8-10-23-18)21-16-7-9-19-15-6-4-3-5-13(15)16/h3-7,9,11,17-18H,8,10H2,1-2H3,(H,19,21)/t17-,18+/m0/s1. The summed E-state index contributed by atoms with van der Waals surface area (Å²) in [7, 11) is 1.96. The number of ether oxygens (including phenoxy) is 1. The molecular weight excluding hydrogens is 288 g/mol. The predicted octanol–water partition coefficient (Wildman–Crippen LogP) is 3.22. The van der Waals surface area contributed by atoms with Gasteiger partial charge in [0, 0.05) is 42.2 Å². The average Bonchev–Trinajstić information content (AvgIpc) is 3.15. The van der Waals surface area contributed by atoms with Crippen molar-refractivity contribution in [1.82, 2.24) is 14.8 Å². The van der Waals surface area contributed by atoms with Gasteiger partial charge in [0.25, 0.3) is 0 Å². The Labute approximate surface area is 135 Å². The van der Waals surface area contributed by atoms with Crippen LogP contribution < -0.4 is 5.32 Å². The number of fused-ring (bicyclic) bond motifs is 1. The fourth-order valence-corrected chi connectivity index (χ4v) is 3.26. The van der Waals surface area contributed by atoms with Gasteiger partial charge in [0.2, 0.25) is 0 Å². The molecule has 0 radical (unpaired) electrons. The van der Waals surface area contributed by atoms with Gasteiger partial charge in [-0.05, 0) is 25.5 Å². The molecule has 0 saturated carbocycles. The molecule has 1 aliphatic rings. The number of nitrogens with one attached hydrogen (secondary N) is 1. The third-order valence-electron chi connectivity index (χ3n) is 4.66. The van der Waals surface area contributed by atoms with Gasteiger partial charge in [-0.15, -0.1) is 0 Å². The Morgan fingerprint density at radius 1 is 1.26 bits per heavy atom. The zero-order valence-corrected chi connectivity index (χ0v) is 13.4. The predicted molar refractivity (Wildman–Crippen MR) is 90.4 cm³/mol. The first-order chi connectivity index (χ1) is 11.2. The molecule has 0 bridgehead atoms. The van der Waals surface area contributed by atoms with E-state index in [1.807, 2.05) is 48.4 Å². The van der Waals surface area contributed by atoms with Crippen molar-refractivity contribution < 1.29 is 4.74 Å². The fourth-order valence-electron chi connectivity index (χ4n) is 3.26. The number of pyridine rings is 1. The SMILES string of the molecule is Cc1c([C@H]2OCC[C@@H]2Nc2ccnc3ccccc23)cnn1C. The van der Waals surface area contributed by atoms with Crippen molar-refractivity contribution >= 4 is 16.6 Å². The summed E-state index contributed by atoms with van der Waals surface area (Å²) >= 11 is 0. The van der Waals surface area contributed by atoms with Crippen molar-refractivity contribution in [3.8, 4) is 0 Å². The number of anilines is 1. The molecule has 5 heteroatoms. The average molecular weight is 308 g/mol. The van der Waals surface area contributed by atoms with E-state index < -0.39 is 0 Å². The van der Waals surface area contributed by atoms with E-state index in [0.717, 1.165) is 35.3 Å². The molecule has 1 saturated heterocycles. The van der Waals surface area contributed by atoms with Crippen LogP contribution in [0.15, 0.2) is 42.7 Å². The van der Waals surface area contributed by atoms with Crippen molar-refractivity contribution in [3.63, 3.8) is 0 Å². The van der Waals surface area contributed by atoms with Crippen LogP contribution in [0.1, 0.15) is 23.8 Å². The van der Waals surface area contributed by atoms with E-state index in [9.17, 15) is 0 Å². The number of aromatic nitrogens is 3. The first-order valence-electron chi connectivity index (χ1n) is 7.94. The first-order valence-corrected chi connectivity index (χ1v) is 7.94. The molecule has 1 aliphatic heterocycles. The van der Waals surface area contributed by atoms with Crippen LogP contribution in [0, 0.1) is 6.92 Å². The second kappa shape index (κ2) is 5.66. The monoisotopic (exact) mass is 308 g/mol. The van der Waals surface area contributed by atoms with Crippen molar-refractivity contribution in [2.24, 2.45) is 7.05 Å². The van der Waals surface area contributed by atoms with E-state index >= 15 is 0 Å². The maximum absolute atomic E-state index is 6.00. The Bertz CT molecular complexity index is 837. The van der Waals surface area contributed by atoms with Crippen LogP contribution in [0.25, 0.3) is 10.9 Å². The van der Waals surface area contributed by atoms with E-state index in [4.69, 9.17) is 4.74 Å². The number of rotatable bonds is 3. The highest BCUT2D eigenvalue weighted by Crippen LogP contribution is 2.34. The van der Waals surface area contributed by atoms with Crippen molar-refractivity contribution in [2.45, 2.75) is 25.5 Å². The number of para-hydroxylation sites is 1. The molecule has 1 aromatic carbocycles. The second-order valence-corrected chi connectivity index (χ2v) is 6.02. The fraction of sp³-hybridized carbons (Fsp3) is 0.333. The molecule has 1 N–H and O–H groups in total. The summed E-state index contributed by atoms with van der Waals surface area (Å²) in [5, 5.41) is 9.16. The number of hydrogen-bond donors (Lipinski definition) is 1. The van der Waals surface area contributed by atoms with Crippen LogP contribution in [-0.2, 0) is 11.8 Å². The van der Waals surface area contributed by atoms with Gasteiger partial charge in [-0.25, -0.2) is 0 Å². The Morgan fingerprint density at radius 3 is 2.96 bits per heavy atom. The molecule has 0 unspecified atom stereocenters. The van der Waals surface area contributed by atoms with Crippen molar-refractivity contribution in [2.75, 3.05) is 11.9 Å². The highest BCUT2D eigenvalue weighted by Gasteiger charge is 2.32. The molecule has 0 amide bonds. The molecular formula is C18H20N4O. The third kappa shape index (κ3) is 2.47. The summed E-state index contributed by atoms with van der Waals surface area (Å²) in [6.45, 7) is 2.85. The lowest BCUT2D eigenvalue weighted by Gasteiger charge is -2.21. The smallest absolute Gasteiger partial charge is 0.106 e. The summed E-state index contributed by atoms with van der Waals surface area (Å²) in [4.78, 5) is 4.43. The normalized spacial score (nSPS) is 21.0. The van der Waals surface area contributed by atoms with E-state index in [0.29, 0.717) is 0 Å². The van der Waals surface area contributed by atoms with Gasteiger partial charge < -0.3 is 10.1 Å². The molecule has 3 heterocycles. The highest BCUT2D eigenvalue weighted by molar-refractivity contribution is 5.91. The zero-order chi connectivity index (χ0) is 15.8. The molecule has 0 spiro atoms. The van der Waals surface area contributed by atoms with Crippen molar-refractivity contribution in [1.29, 1.82) is 0 Å². The molecule has 4 rings (SSSR count). The van der Waals surface area contributed by atoms with Crippen LogP contribution in [0.5, 0.6) is 0 Å². The summed E-state index contributed by atoms with van der Waals surface area (Å²) in [6.07, 6.45) is 4.79. The van der Waals surface area contributed by atoms with Crippen LogP contribution >= 0.6 is 0 Å². The van der Waals surface area contributed by atoms with E-state index in [2.05, 4.69) is 28.4 Å². The molecule has 23 heavy (non-hydrogen) atoms. The van der Waals surface area contributed by atoms with Gasteiger partial charge >= 0.3 is 0 Å². The first kappa shape index (κ1) is 14.2. The molecule has 1 fully saturated rings. The van der Waals surface area contributed by atoms with E-state index in [1.165, 1.54) is 5.56 Å². The minimum absolute atomic E-state index is 0.0376. The maximum Gasteiger partial charge on any atom is 0.106 e. The van der Waals surface area contributed by atoms with Gasteiger partial charge in [-0.3, -0.25) is 9.67 Å². The highest BCUT2D eigenvalue weighted by atomic mass is 16.5.